The van der Waals surface area contributed by atoms with Gasteiger partial charge in [-0.3, -0.25) is 10.1 Å². The summed E-state index contributed by atoms with van der Waals surface area (Å²) in [5, 5.41) is 8.11. The largest absolute Gasteiger partial charge is 0.336 e. The van der Waals surface area contributed by atoms with Crippen LogP contribution in [0.3, 0.4) is 0 Å². The summed E-state index contributed by atoms with van der Waals surface area (Å²) in [4.78, 5) is 32.5. The van der Waals surface area contributed by atoms with E-state index in [1.54, 1.807) is 0 Å². The zero-order valence-corrected chi connectivity index (χ0v) is 15.5. The van der Waals surface area contributed by atoms with Gasteiger partial charge in [-0.25, -0.2) is 9.78 Å². The molecule has 0 saturated carbocycles. The highest BCUT2D eigenvalue weighted by molar-refractivity contribution is 7.16. The number of fused-ring (bicyclic) bond motifs is 1. The Hall–Kier alpha value is -1.93. The second kappa shape index (κ2) is 6.90. The van der Waals surface area contributed by atoms with Crippen molar-refractivity contribution >= 4 is 39.7 Å². The molecule has 128 valence electrons. The van der Waals surface area contributed by atoms with Crippen LogP contribution in [-0.4, -0.2) is 34.4 Å². The molecule has 0 bridgehead atoms. The maximum Gasteiger partial charge on any atom is 0.321 e. The number of amides is 3. The monoisotopic (exact) mass is 364 g/mol. The predicted molar refractivity (Wildman–Crippen MR) is 96.9 cm³/mol. The van der Waals surface area contributed by atoms with Crippen molar-refractivity contribution in [2.24, 2.45) is 0 Å². The fraction of sp³-hybridized carbons (Fsp3) is 0.438. The number of anilines is 1. The third kappa shape index (κ3) is 3.76. The van der Waals surface area contributed by atoms with Crippen molar-refractivity contribution in [3.8, 4) is 0 Å². The van der Waals surface area contributed by atoms with Gasteiger partial charge in [-0.05, 0) is 37.8 Å². The van der Waals surface area contributed by atoms with Crippen molar-refractivity contribution < 1.29 is 9.59 Å². The van der Waals surface area contributed by atoms with Crippen molar-refractivity contribution in [1.82, 2.24) is 15.2 Å². The molecule has 0 atom stereocenters. The molecule has 0 unspecified atom stereocenters. The zero-order valence-electron chi connectivity index (χ0n) is 13.9. The van der Waals surface area contributed by atoms with Gasteiger partial charge in [0.05, 0.1) is 17.1 Å². The molecular weight excluding hydrogens is 344 g/mol. The number of carbonyl (C=O) groups excluding carboxylic acids is 2. The van der Waals surface area contributed by atoms with Crippen LogP contribution < -0.4 is 10.6 Å². The van der Waals surface area contributed by atoms with E-state index >= 15 is 0 Å². The number of rotatable bonds is 3. The Morgan fingerprint density at radius 1 is 1.38 bits per heavy atom. The van der Waals surface area contributed by atoms with E-state index in [9.17, 15) is 9.59 Å². The van der Waals surface area contributed by atoms with E-state index in [4.69, 9.17) is 0 Å². The zero-order chi connectivity index (χ0) is 17.3. The molecular formula is C16H20N4O2S2. The molecule has 0 saturated heterocycles. The number of thiazole rings is 1. The van der Waals surface area contributed by atoms with Gasteiger partial charge in [0.25, 0.3) is 5.91 Å². The van der Waals surface area contributed by atoms with Crippen LogP contribution in [0.1, 0.15) is 39.7 Å². The molecule has 0 aromatic carbocycles. The standard InChI is InChI=1S/C16H20N4O2S2/c1-9(2)17-15(22)19-16-18-11-4-5-20(7-13(11)24-16)14(21)12-6-10(3)8-23-12/h6,8-9H,4-5,7H2,1-3H3,(H2,17,18,19,22). The molecule has 6 nitrogen and oxygen atoms in total. The van der Waals surface area contributed by atoms with Crippen LogP contribution in [0.4, 0.5) is 9.93 Å². The maximum atomic E-state index is 12.6. The maximum absolute atomic E-state index is 12.6. The Kier molecular flexibility index (Phi) is 4.86. The summed E-state index contributed by atoms with van der Waals surface area (Å²) in [5.41, 5.74) is 2.09. The third-order valence-corrected chi connectivity index (χ3v) is 5.63. The average molecular weight is 364 g/mol. The molecule has 0 fully saturated rings. The number of hydrogen-bond acceptors (Lipinski definition) is 5. The summed E-state index contributed by atoms with van der Waals surface area (Å²) in [7, 11) is 0. The number of aryl methyl sites for hydroxylation is 1. The summed E-state index contributed by atoms with van der Waals surface area (Å²) in [6.45, 7) is 7.01. The quantitative estimate of drug-likeness (QED) is 0.878. The lowest BCUT2D eigenvalue weighted by Gasteiger charge is -2.25. The lowest BCUT2D eigenvalue weighted by molar-refractivity contribution is 0.0741. The highest BCUT2D eigenvalue weighted by Gasteiger charge is 2.26. The first-order chi connectivity index (χ1) is 11.4. The number of carbonyl (C=O) groups is 2. The SMILES string of the molecule is Cc1csc(C(=O)N2CCc3nc(NC(=O)NC(C)C)sc3C2)c1. The normalized spacial score (nSPS) is 13.8. The fourth-order valence-electron chi connectivity index (χ4n) is 2.52. The van der Waals surface area contributed by atoms with Gasteiger partial charge < -0.3 is 10.2 Å². The van der Waals surface area contributed by atoms with Gasteiger partial charge in [-0.15, -0.1) is 11.3 Å². The molecule has 3 heterocycles. The number of hydrogen-bond donors (Lipinski definition) is 2. The molecule has 3 rings (SSSR count). The summed E-state index contributed by atoms with van der Waals surface area (Å²) in [5.74, 6) is 0.0687. The van der Waals surface area contributed by atoms with Gasteiger partial charge in [0.1, 0.15) is 0 Å². The number of urea groups is 1. The van der Waals surface area contributed by atoms with Crippen molar-refractivity contribution in [3.63, 3.8) is 0 Å². The van der Waals surface area contributed by atoms with E-state index in [2.05, 4.69) is 15.6 Å². The minimum absolute atomic E-state index is 0.0687. The van der Waals surface area contributed by atoms with Crippen LogP contribution in [0.5, 0.6) is 0 Å². The molecule has 24 heavy (non-hydrogen) atoms. The minimum Gasteiger partial charge on any atom is -0.336 e. The van der Waals surface area contributed by atoms with Crippen molar-refractivity contribution in [1.29, 1.82) is 0 Å². The smallest absolute Gasteiger partial charge is 0.321 e. The molecule has 1 aliphatic rings. The lowest BCUT2D eigenvalue weighted by atomic mass is 10.1. The number of nitrogens with one attached hydrogen (secondary N) is 2. The van der Waals surface area contributed by atoms with Crippen LogP contribution in [0.25, 0.3) is 0 Å². The Balaban J connectivity index is 1.67. The van der Waals surface area contributed by atoms with Crippen molar-refractivity contribution in [2.75, 3.05) is 11.9 Å². The van der Waals surface area contributed by atoms with Crippen LogP contribution in [-0.2, 0) is 13.0 Å². The van der Waals surface area contributed by atoms with E-state index in [0.29, 0.717) is 18.2 Å². The van der Waals surface area contributed by atoms with E-state index in [1.807, 2.05) is 37.1 Å². The van der Waals surface area contributed by atoms with Crippen LogP contribution in [0.15, 0.2) is 11.4 Å². The first kappa shape index (κ1) is 16.9. The predicted octanol–water partition coefficient (Wildman–Crippen LogP) is 3.24. The molecule has 8 heteroatoms. The van der Waals surface area contributed by atoms with Crippen molar-refractivity contribution in [3.05, 3.63) is 32.5 Å². The summed E-state index contributed by atoms with van der Waals surface area (Å²) >= 11 is 2.92. The fourth-order valence-corrected chi connectivity index (χ4v) is 4.40. The first-order valence-corrected chi connectivity index (χ1v) is 9.52. The minimum atomic E-state index is -0.252. The summed E-state index contributed by atoms with van der Waals surface area (Å²) in [6, 6.07) is 1.75. The second-order valence-corrected chi connectivity index (χ2v) is 8.10. The molecule has 3 amide bonds. The Labute approximate surface area is 148 Å². The second-order valence-electron chi connectivity index (χ2n) is 6.11. The Morgan fingerprint density at radius 3 is 2.83 bits per heavy atom. The average Bonchev–Trinajstić information content (AvgIpc) is 3.10. The van der Waals surface area contributed by atoms with Crippen LogP contribution in [0, 0.1) is 6.92 Å². The lowest BCUT2D eigenvalue weighted by Crippen LogP contribution is -2.35. The summed E-state index contributed by atoms with van der Waals surface area (Å²) < 4.78 is 0. The summed E-state index contributed by atoms with van der Waals surface area (Å²) in [6.07, 6.45) is 0.718. The molecule has 0 spiro atoms. The van der Waals surface area contributed by atoms with E-state index < -0.39 is 0 Å². The van der Waals surface area contributed by atoms with Gasteiger partial charge in [0, 0.05) is 23.9 Å². The number of aromatic nitrogens is 1. The Morgan fingerprint density at radius 2 is 2.17 bits per heavy atom. The van der Waals surface area contributed by atoms with Gasteiger partial charge >= 0.3 is 6.03 Å². The van der Waals surface area contributed by atoms with E-state index in [-0.39, 0.29) is 18.0 Å². The van der Waals surface area contributed by atoms with E-state index in [0.717, 1.165) is 27.4 Å². The topological polar surface area (TPSA) is 74.3 Å². The molecule has 2 N–H and O–H groups in total. The van der Waals surface area contributed by atoms with Gasteiger partial charge in [0.2, 0.25) is 0 Å². The number of thiophene rings is 1. The van der Waals surface area contributed by atoms with Gasteiger partial charge in [-0.1, -0.05) is 11.3 Å². The highest BCUT2D eigenvalue weighted by Crippen LogP contribution is 2.29. The van der Waals surface area contributed by atoms with Crippen LogP contribution in [0.2, 0.25) is 0 Å². The van der Waals surface area contributed by atoms with Crippen molar-refractivity contribution in [2.45, 2.75) is 39.8 Å². The number of nitrogens with zero attached hydrogens (tertiary/aromatic N) is 2. The third-order valence-electron chi connectivity index (χ3n) is 3.60. The molecule has 2 aromatic rings. The van der Waals surface area contributed by atoms with Gasteiger partial charge in [-0.2, -0.15) is 0 Å². The molecule has 2 aromatic heterocycles. The molecule has 0 radical (unpaired) electrons. The highest BCUT2D eigenvalue weighted by atomic mass is 32.1. The Bertz CT molecular complexity index is 766. The first-order valence-electron chi connectivity index (χ1n) is 7.83. The van der Waals surface area contributed by atoms with Crippen LogP contribution >= 0.6 is 22.7 Å². The van der Waals surface area contributed by atoms with Gasteiger partial charge in [0.15, 0.2) is 5.13 Å². The molecule has 0 aliphatic carbocycles. The van der Waals surface area contributed by atoms with E-state index in [1.165, 1.54) is 22.7 Å². The molecule has 1 aliphatic heterocycles.